The molecule has 1 unspecified atom stereocenters. The maximum absolute atomic E-state index is 11.1. The Labute approximate surface area is 110 Å². The van der Waals surface area contributed by atoms with Crippen LogP contribution in [0.1, 0.15) is 5.56 Å². The van der Waals surface area contributed by atoms with Gasteiger partial charge < -0.3 is 25.5 Å². The minimum atomic E-state index is -3.95. The molecule has 0 spiro atoms. The summed E-state index contributed by atoms with van der Waals surface area (Å²) in [6.07, 6.45) is 0. The van der Waals surface area contributed by atoms with Gasteiger partial charge in [0.2, 0.25) is 0 Å². The topological polar surface area (TPSA) is 191 Å². The van der Waals surface area contributed by atoms with Crippen LogP contribution in [0.3, 0.4) is 0 Å². The Kier molecular flexibility index (Phi) is 4.16. The molecule has 1 atom stereocenters. The summed E-state index contributed by atoms with van der Waals surface area (Å²) in [5.74, 6) is -7.53. The molecule has 0 aliphatic carbocycles. The van der Waals surface area contributed by atoms with Gasteiger partial charge in [0, 0.05) is 5.56 Å². The molecule has 11 heteroatoms. The lowest BCUT2D eigenvalue weighted by atomic mass is 9.94. The van der Waals surface area contributed by atoms with Crippen molar-refractivity contribution in [1.29, 1.82) is 0 Å². The number of nitrogens with zero attached hydrogens (tertiary/aromatic N) is 1. The molecule has 0 bridgehead atoms. The van der Waals surface area contributed by atoms with Gasteiger partial charge >= 0.3 is 11.7 Å². The number of aromatic hydroxyl groups is 2. The van der Waals surface area contributed by atoms with Gasteiger partial charge in [-0.3, -0.25) is 15.3 Å². The molecule has 0 aromatic heterocycles. The monoisotopic (exact) mass is 293 g/mol. The van der Waals surface area contributed by atoms with E-state index < -0.39 is 39.8 Å². The number of carbonyl (C=O) groups is 1. The van der Waals surface area contributed by atoms with E-state index in [0.29, 0.717) is 6.07 Å². The van der Waals surface area contributed by atoms with Crippen LogP contribution in [0.25, 0.3) is 0 Å². The van der Waals surface area contributed by atoms with Crippen LogP contribution in [0, 0.1) is 0 Å². The molecule has 8 N–H and O–H groups in total. The molecule has 0 aliphatic heterocycles. The minimum Gasteiger partial charge on any atom is -0.504 e. The molecule has 11 nitrogen and oxygen atoms in total. The number of hydrogen-bond donors (Lipinski definition) is 8. The molecule has 0 radical (unpaired) electrons. The average molecular weight is 293 g/mol. The second kappa shape index (κ2) is 5.18. The third kappa shape index (κ3) is 2.25. The number of phenolic OH excluding ortho intramolecular Hbond substituents is 2. The van der Waals surface area contributed by atoms with Gasteiger partial charge in [0.15, 0.2) is 11.5 Å². The van der Waals surface area contributed by atoms with Gasteiger partial charge in [-0.2, -0.15) is 5.26 Å². The molecule has 0 fully saturated rings. The number of phenols is 2. The molecular weight excluding hydrogens is 282 g/mol. The lowest BCUT2D eigenvalue weighted by Crippen LogP contribution is -2.66. The summed E-state index contributed by atoms with van der Waals surface area (Å²) in [4.78, 5) is 14.2. The van der Waals surface area contributed by atoms with Crippen LogP contribution in [-0.4, -0.2) is 58.1 Å². The van der Waals surface area contributed by atoms with E-state index in [1.54, 1.807) is 0 Å². The van der Waals surface area contributed by atoms with Crippen LogP contribution < -0.4 is 0 Å². The first-order valence-corrected chi connectivity index (χ1v) is 4.82. The van der Waals surface area contributed by atoms with Crippen LogP contribution in [0.15, 0.2) is 18.2 Å². The molecule has 112 valence electrons. The largest absolute Gasteiger partial charge is 0.504 e. The highest BCUT2D eigenvalue weighted by Gasteiger charge is 2.62. The summed E-state index contributed by atoms with van der Waals surface area (Å²) in [6, 6.07) is 2.00. The Morgan fingerprint density at radius 3 is 2.05 bits per heavy atom. The zero-order chi connectivity index (χ0) is 15.7. The predicted octanol–water partition coefficient (Wildman–Crippen LogP) is -1.98. The minimum absolute atomic E-state index is 0.508. The van der Waals surface area contributed by atoms with E-state index in [1.807, 2.05) is 0 Å². The number of hydrogen-bond acceptors (Lipinski definition) is 11. The van der Waals surface area contributed by atoms with Crippen molar-refractivity contribution in [2.45, 2.75) is 11.5 Å². The summed E-state index contributed by atoms with van der Waals surface area (Å²) < 4.78 is 0. The smallest absolute Gasteiger partial charge is 0.399 e. The number of hydroxylamine groups is 2. The van der Waals surface area contributed by atoms with E-state index in [1.165, 1.54) is 0 Å². The highest BCUT2D eigenvalue weighted by Crippen LogP contribution is 2.36. The van der Waals surface area contributed by atoms with Crippen LogP contribution in [0.2, 0.25) is 0 Å². The van der Waals surface area contributed by atoms with E-state index in [4.69, 9.17) is 20.8 Å². The van der Waals surface area contributed by atoms with Crippen molar-refractivity contribution in [3.05, 3.63) is 23.8 Å². The molecule has 1 aromatic carbocycles. The Bertz CT molecular complexity index is 515. The molecular formula is C9H11NO10. The summed E-state index contributed by atoms with van der Waals surface area (Å²) in [5.41, 5.74) is -4.79. The zero-order valence-electron chi connectivity index (χ0n) is 9.57. The fourth-order valence-electron chi connectivity index (χ4n) is 1.37. The standard InChI is InChI=1S/C9H11NO10/c11-5-2-1-4(3-6(5)12)9(15,16)8(14,10(17)18)7(13)20-19/h1-3,11-12,14-19H. The van der Waals surface area contributed by atoms with E-state index >= 15 is 0 Å². The second-order valence-electron chi connectivity index (χ2n) is 3.72. The normalized spacial score (nSPS) is 14.9. The van der Waals surface area contributed by atoms with Gasteiger partial charge in [-0.15, -0.1) is 0 Å². The van der Waals surface area contributed by atoms with Gasteiger partial charge in [0.05, 0.1) is 0 Å². The first-order valence-electron chi connectivity index (χ1n) is 4.82. The maximum atomic E-state index is 11.1. The maximum Gasteiger partial charge on any atom is 0.399 e. The Morgan fingerprint density at radius 2 is 1.65 bits per heavy atom. The molecule has 0 saturated heterocycles. The third-order valence-electron chi connectivity index (χ3n) is 2.52. The second-order valence-corrected chi connectivity index (χ2v) is 3.72. The molecule has 0 aliphatic rings. The molecule has 0 heterocycles. The summed E-state index contributed by atoms with van der Waals surface area (Å²) in [7, 11) is 0. The fourth-order valence-corrected chi connectivity index (χ4v) is 1.37. The summed E-state index contributed by atoms with van der Waals surface area (Å²) >= 11 is 0. The molecule has 1 rings (SSSR count). The van der Waals surface area contributed by atoms with Crippen molar-refractivity contribution in [3.8, 4) is 11.5 Å². The van der Waals surface area contributed by atoms with Crippen molar-refractivity contribution in [2.24, 2.45) is 0 Å². The van der Waals surface area contributed by atoms with Crippen LogP contribution in [0.4, 0.5) is 0 Å². The lowest BCUT2D eigenvalue weighted by Gasteiger charge is -2.37. The van der Waals surface area contributed by atoms with E-state index in [-0.39, 0.29) is 0 Å². The van der Waals surface area contributed by atoms with Gasteiger partial charge in [0.1, 0.15) is 0 Å². The van der Waals surface area contributed by atoms with E-state index in [2.05, 4.69) is 4.89 Å². The highest BCUT2D eigenvalue weighted by molar-refractivity contribution is 5.79. The molecule has 1 aromatic rings. The quantitative estimate of drug-likeness (QED) is 0.133. The zero-order valence-corrected chi connectivity index (χ0v) is 9.57. The van der Waals surface area contributed by atoms with Gasteiger partial charge in [0.25, 0.3) is 5.79 Å². The third-order valence-corrected chi connectivity index (χ3v) is 2.52. The van der Waals surface area contributed by atoms with Crippen molar-refractivity contribution in [1.82, 2.24) is 5.23 Å². The predicted molar refractivity (Wildman–Crippen MR) is 55.0 cm³/mol. The summed E-state index contributed by atoms with van der Waals surface area (Å²) in [5, 5.41) is 71.8. The van der Waals surface area contributed by atoms with Crippen molar-refractivity contribution >= 4 is 5.97 Å². The average Bonchev–Trinajstić information content (AvgIpc) is 2.39. The van der Waals surface area contributed by atoms with Crippen molar-refractivity contribution < 1.29 is 50.9 Å². The van der Waals surface area contributed by atoms with Gasteiger partial charge in [-0.05, 0) is 23.4 Å². The molecule has 20 heavy (non-hydrogen) atoms. The van der Waals surface area contributed by atoms with E-state index in [9.17, 15) is 25.2 Å². The number of aliphatic hydroxyl groups is 3. The van der Waals surface area contributed by atoms with Gasteiger partial charge in [-0.25, -0.2) is 4.79 Å². The lowest BCUT2D eigenvalue weighted by molar-refractivity contribution is -0.471. The Hall–Kier alpha value is -1.99. The van der Waals surface area contributed by atoms with Crippen LogP contribution in [-0.2, 0) is 15.5 Å². The number of benzene rings is 1. The van der Waals surface area contributed by atoms with Gasteiger partial charge in [-0.1, -0.05) is 0 Å². The van der Waals surface area contributed by atoms with E-state index in [0.717, 1.165) is 12.1 Å². The fraction of sp³-hybridized carbons (Fsp3) is 0.222. The van der Waals surface area contributed by atoms with Crippen molar-refractivity contribution in [3.63, 3.8) is 0 Å². The van der Waals surface area contributed by atoms with Crippen LogP contribution in [0.5, 0.6) is 11.5 Å². The highest BCUT2D eigenvalue weighted by atomic mass is 17.1. The first kappa shape index (κ1) is 16.1. The molecule has 0 amide bonds. The Balaban J connectivity index is 3.43. The SMILES string of the molecule is O=C(OO)C(O)(N(O)O)C(O)(O)c1ccc(O)c(O)c1. The summed E-state index contributed by atoms with van der Waals surface area (Å²) in [6.45, 7) is 0. The molecule has 0 saturated carbocycles. The number of carbonyl (C=O) groups excluding carboxylic acids is 1. The Morgan fingerprint density at radius 1 is 1.10 bits per heavy atom. The number of rotatable bonds is 4. The van der Waals surface area contributed by atoms with Crippen molar-refractivity contribution in [2.75, 3.05) is 0 Å². The van der Waals surface area contributed by atoms with Crippen LogP contribution >= 0.6 is 0 Å². The first-order chi connectivity index (χ1) is 9.08.